The first-order chi connectivity index (χ1) is 15.6. The Morgan fingerprint density at radius 2 is 1.76 bits per heavy atom. The highest BCUT2D eigenvalue weighted by atomic mass is 16.5. The van der Waals surface area contributed by atoms with Crippen LogP contribution in [-0.2, 0) is 14.3 Å². The van der Waals surface area contributed by atoms with Crippen LogP contribution in [0.1, 0.15) is 79.6 Å². The molecule has 0 aliphatic heterocycles. The number of carbonyl (C=O) groups excluding carboxylic acids is 1. The minimum atomic E-state index is -0.250. The van der Waals surface area contributed by atoms with Crippen molar-refractivity contribution in [2.75, 3.05) is 7.11 Å². The molecular weight excluding hydrogens is 412 g/mol. The van der Waals surface area contributed by atoms with Crippen LogP contribution in [0.25, 0.3) is 0 Å². The molecule has 0 radical (unpaired) electrons. The van der Waals surface area contributed by atoms with E-state index >= 15 is 0 Å². The third-order valence-electron chi connectivity index (χ3n) is 10.2. The van der Waals surface area contributed by atoms with E-state index in [0.29, 0.717) is 11.2 Å². The second-order valence-corrected chi connectivity index (χ2v) is 11.9. The number of fused-ring (bicyclic) bond motifs is 7. The highest BCUT2D eigenvalue weighted by molar-refractivity contribution is 6.07. The summed E-state index contributed by atoms with van der Waals surface area (Å²) in [5.41, 5.74) is 5.82. The van der Waals surface area contributed by atoms with Crippen LogP contribution in [0.5, 0.6) is 0 Å². The fourth-order valence-corrected chi connectivity index (χ4v) is 8.32. The van der Waals surface area contributed by atoms with E-state index in [2.05, 4.69) is 39.8 Å². The SMILES string of the molecule is COC1=C(C)C2=CC=C3C(C)(CCC4C5CC(C)CCC5(C)CCC34C)C2=CC1=O.O=CO. The zero-order valence-electron chi connectivity index (χ0n) is 21.2. The van der Waals surface area contributed by atoms with E-state index in [-0.39, 0.29) is 23.1 Å². The normalized spacial score (nSPS) is 41.6. The molecule has 3 fully saturated rings. The highest BCUT2D eigenvalue weighted by Gasteiger charge is 2.60. The van der Waals surface area contributed by atoms with Crippen molar-refractivity contribution in [2.24, 2.45) is 34.0 Å². The minimum Gasteiger partial charge on any atom is -0.492 e. The lowest BCUT2D eigenvalue weighted by Crippen LogP contribution is -2.55. The van der Waals surface area contributed by atoms with Crippen LogP contribution in [-0.4, -0.2) is 24.5 Å². The monoisotopic (exact) mass is 452 g/mol. The van der Waals surface area contributed by atoms with Crippen molar-refractivity contribution in [2.45, 2.75) is 79.6 Å². The molecule has 1 N–H and O–H groups in total. The van der Waals surface area contributed by atoms with E-state index in [1.54, 1.807) is 12.7 Å². The van der Waals surface area contributed by atoms with Crippen molar-refractivity contribution < 1.29 is 19.4 Å². The number of hydrogen-bond acceptors (Lipinski definition) is 3. The van der Waals surface area contributed by atoms with Gasteiger partial charge in [0.25, 0.3) is 6.47 Å². The first kappa shape index (κ1) is 24.0. The summed E-state index contributed by atoms with van der Waals surface area (Å²) in [5.74, 6) is 3.03. The average molecular weight is 453 g/mol. The summed E-state index contributed by atoms with van der Waals surface area (Å²) in [5, 5.41) is 6.89. The molecule has 5 aliphatic carbocycles. The van der Waals surface area contributed by atoms with Gasteiger partial charge in [0, 0.05) is 11.0 Å². The van der Waals surface area contributed by atoms with Crippen molar-refractivity contribution in [3.8, 4) is 0 Å². The molecule has 0 heterocycles. The van der Waals surface area contributed by atoms with Gasteiger partial charge < -0.3 is 9.84 Å². The third-order valence-corrected chi connectivity index (χ3v) is 10.2. The molecule has 4 heteroatoms. The fraction of sp³-hybridized carbons (Fsp3) is 0.655. The van der Waals surface area contributed by atoms with Gasteiger partial charge in [-0.1, -0.05) is 51.8 Å². The molecule has 5 rings (SSSR count). The molecule has 33 heavy (non-hydrogen) atoms. The van der Waals surface area contributed by atoms with Gasteiger partial charge in [-0.25, -0.2) is 0 Å². The summed E-state index contributed by atoms with van der Waals surface area (Å²) in [6.07, 6.45) is 15.9. The number of ketones is 1. The van der Waals surface area contributed by atoms with Crippen molar-refractivity contribution >= 4 is 12.3 Å². The second kappa shape index (κ2) is 8.29. The second-order valence-electron chi connectivity index (χ2n) is 11.9. The average Bonchev–Trinajstić information content (AvgIpc) is 2.76. The smallest absolute Gasteiger partial charge is 0.290 e. The van der Waals surface area contributed by atoms with Crippen molar-refractivity contribution in [3.63, 3.8) is 0 Å². The molecule has 6 atom stereocenters. The predicted molar refractivity (Wildman–Crippen MR) is 130 cm³/mol. The Hall–Kier alpha value is -2.10. The summed E-state index contributed by atoms with van der Waals surface area (Å²) in [7, 11) is 1.61. The Balaban J connectivity index is 0.000000821. The number of rotatable bonds is 1. The molecule has 3 saturated carbocycles. The molecule has 0 spiro atoms. The predicted octanol–water partition coefficient (Wildman–Crippen LogP) is 6.64. The van der Waals surface area contributed by atoms with E-state index < -0.39 is 0 Å². The van der Waals surface area contributed by atoms with Gasteiger partial charge in [0.05, 0.1) is 7.11 Å². The number of carbonyl (C=O) groups is 2. The van der Waals surface area contributed by atoms with Gasteiger partial charge in [0.1, 0.15) is 0 Å². The first-order valence-corrected chi connectivity index (χ1v) is 12.6. The molecule has 5 aliphatic rings. The quantitative estimate of drug-likeness (QED) is 0.453. The summed E-state index contributed by atoms with van der Waals surface area (Å²) in [6.45, 7) is 11.8. The van der Waals surface area contributed by atoms with Gasteiger partial charge in [0.2, 0.25) is 5.78 Å². The third kappa shape index (κ3) is 3.47. The van der Waals surface area contributed by atoms with E-state index in [0.717, 1.165) is 29.7 Å². The molecule has 0 saturated heterocycles. The minimum absolute atomic E-state index is 0.0282. The maximum Gasteiger partial charge on any atom is 0.290 e. The molecule has 0 aromatic heterocycles. The molecule has 0 aromatic carbocycles. The Bertz CT molecular complexity index is 982. The zero-order valence-corrected chi connectivity index (χ0v) is 21.2. The zero-order chi connectivity index (χ0) is 24.2. The number of allylic oxidation sites excluding steroid dienone is 7. The van der Waals surface area contributed by atoms with Gasteiger partial charge in [-0.3, -0.25) is 9.59 Å². The Kier molecular flexibility index (Phi) is 6.04. The molecule has 6 unspecified atom stereocenters. The largest absolute Gasteiger partial charge is 0.492 e. The van der Waals surface area contributed by atoms with E-state index in [9.17, 15) is 4.79 Å². The Labute approximate surface area is 198 Å². The molecule has 0 amide bonds. The van der Waals surface area contributed by atoms with E-state index in [1.807, 2.05) is 13.0 Å². The van der Waals surface area contributed by atoms with Crippen molar-refractivity contribution in [1.82, 2.24) is 0 Å². The van der Waals surface area contributed by atoms with Gasteiger partial charge in [-0.05, 0) is 91.3 Å². The van der Waals surface area contributed by atoms with Crippen molar-refractivity contribution in [1.29, 1.82) is 0 Å². The molecule has 0 aromatic rings. The first-order valence-electron chi connectivity index (χ1n) is 12.6. The number of methoxy groups -OCH3 is 1. The lowest BCUT2D eigenvalue weighted by atomic mass is 9.40. The van der Waals surface area contributed by atoms with Gasteiger partial charge >= 0.3 is 0 Å². The topological polar surface area (TPSA) is 63.6 Å². The summed E-state index contributed by atoms with van der Waals surface area (Å²) >= 11 is 0. The molecule has 4 nitrogen and oxygen atoms in total. The van der Waals surface area contributed by atoms with Crippen LogP contribution >= 0.6 is 0 Å². The highest BCUT2D eigenvalue weighted by Crippen LogP contribution is 2.69. The van der Waals surface area contributed by atoms with Crippen LogP contribution in [0.2, 0.25) is 0 Å². The number of carboxylic acid groups (broad SMARTS) is 1. The van der Waals surface area contributed by atoms with Crippen molar-refractivity contribution in [3.05, 3.63) is 46.3 Å². The fourth-order valence-electron chi connectivity index (χ4n) is 8.32. The van der Waals surface area contributed by atoms with Crippen LogP contribution in [0, 0.1) is 34.0 Å². The molecular formula is C29H40O4. The summed E-state index contributed by atoms with van der Waals surface area (Å²) < 4.78 is 5.44. The molecule has 0 bridgehead atoms. The van der Waals surface area contributed by atoms with Gasteiger partial charge in [0.15, 0.2) is 5.76 Å². The standard InChI is InChI=1S/C28H38O2.CH2O2/c1-17-9-11-26(3)13-14-28(5)20(22(26)15-17)10-12-27(4)21-16-23(29)25(30-6)18(2)19(21)7-8-24(27)28;2-1-3/h7-8,16-17,20,22H,9-15H2,1-6H3;1H,(H,2,3). The van der Waals surface area contributed by atoms with Crippen LogP contribution < -0.4 is 0 Å². The Morgan fingerprint density at radius 1 is 1.06 bits per heavy atom. The van der Waals surface area contributed by atoms with Crippen LogP contribution in [0.15, 0.2) is 46.3 Å². The van der Waals surface area contributed by atoms with Gasteiger partial charge in [-0.2, -0.15) is 0 Å². The summed E-state index contributed by atoms with van der Waals surface area (Å²) in [6, 6.07) is 0. The van der Waals surface area contributed by atoms with Crippen LogP contribution in [0.3, 0.4) is 0 Å². The molecule has 180 valence electrons. The maximum atomic E-state index is 12.8. The van der Waals surface area contributed by atoms with E-state index in [1.165, 1.54) is 49.7 Å². The lowest BCUT2D eigenvalue weighted by Gasteiger charge is -2.64. The summed E-state index contributed by atoms with van der Waals surface area (Å²) in [4.78, 5) is 21.2. The number of ether oxygens (including phenoxy) is 1. The van der Waals surface area contributed by atoms with E-state index in [4.69, 9.17) is 14.6 Å². The van der Waals surface area contributed by atoms with Crippen LogP contribution in [0.4, 0.5) is 0 Å². The number of hydrogen-bond donors (Lipinski definition) is 1. The Morgan fingerprint density at radius 3 is 2.42 bits per heavy atom. The van der Waals surface area contributed by atoms with Gasteiger partial charge in [-0.15, -0.1) is 0 Å². The lowest BCUT2D eigenvalue weighted by molar-refractivity contribution is -0.122. The maximum absolute atomic E-state index is 12.8.